The molecule has 0 aliphatic rings. The van der Waals surface area contributed by atoms with Crippen molar-refractivity contribution in [1.29, 1.82) is 5.26 Å². The van der Waals surface area contributed by atoms with Gasteiger partial charge in [0.1, 0.15) is 12.2 Å². The number of carboxylic acid groups (broad SMARTS) is 1. The SMILES string of the molecule is N#CC(C=O)c1ccc(CCC(=O)O)cc1. The van der Waals surface area contributed by atoms with Gasteiger partial charge in [0.05, 0.1) is 6.07 Å². The molecule has 0 saturated heterocycles. The number of carboxylic acids is 1. The van der Waals surface area contributed by atoms with Crippen LogP contribution in [0.4, 0.5) is 0 Å². The average Bonchev–Trinajstić information content (AvgIpc) is 2.29. The van der Waals surface area contributed by atoms with Gasteiger partial charge >= 0.3 is 5.97 Å². The molecule has 1 N–H and O–H groups in total. The summed E-state index contributed by atoms with van der Waals surface area (Å²) in [5, 5.41) is 17.2. The lowest BCUT2D eigenvalue weighted by atomic mass is 9.99. The number of carbonyl (C=O) groups is 2. The molecule has 0 spiro atoms. The quantitative estimate of drug-likeness (QED) is 0.758. The van der Waals surface area contributed by atoms with Crippen LogP contribution in [0.1, 0.15) is 23.5 Å². The van der Waals surface area contributed by atoms with Crippen LogP contribution < -0.4 is 0 Å². The van der Waals surface area contributed by atoms with E-state index in [1.165, 1.54) is 0 Å². The summed E-state index contributed by atoms with van der Waals surface area (Å²) in [7, 11) is 0. The standard InChI is InChI=1S/C12H11NO3/c13-7-11(8-14)10-4-1-9(2-5-10)3-6-12(15)16/h1-2,4-5,8,11H,3,6H2,(H,15,16). The zero-order chi connectivity index (χ0) is 12.0. The summed E-state index contributed by atoms with van der Waals surface area (Å²) in [6.07, 6.45) is 1.12. The largest absolute Gasteiger partial charge is 0.481 e. The Morgan fingerprint density at radius 3 is 2.50 bits per heavy atom. The maximum atomic E-state index is 10.5. The van der Waals surface area contributed by atoms with Crippen LogP contribution in [0.5, 0.6) is 0 Å². The van der Waals surface area contributed by atoms with Gasteiger partial charge < -0.3 is 9.90 Å². The highest BCUT2D eigenvalue weighted by Crippen LogP contribution is 2.14. The number of nitrogens with zero attached hydrogens (tertiary/aromatic N) is 1. The second-order valence-corrected chi connectivity index (χ2v) is 3.38. The highest BCUT2D eigenvalue weighted by Gasteiger charge is 2.08. The first-order valence-electron chi connectivity index (χ1n) is 4.83. The highest BCUT2D eigenvalue weighted by molar-refractivity contribution is 5.67. The molecule has 1 aromatic rings. The van der Waals surface area contributed by atoms with E-state index in [9.17, 15) is 9.59 Å². The van der Waals surface area contributed by atoms with Crippen molar-refractivity contribution in [2.45, 2.75) is 18.8 Å². The lowest BCUT2D eigenvalue weighted by Gasteiger charge is -2.03. The summed E-state index contributed by atoms with van der Waals surface area (Å²) in [5.74, 6) is -1.58. The van der Waals surface area contributed by atoms with Gasteiger partial charge in [0, 0.05) is 6.42 Å². The van der Waals surface area contributed by atoms with Gasteiger partial charge in [0.2, 0.25) is 0 Å². The van der Waals surface area contributed by atoms with Crippen LogP contribution in [0, 0.1) is 11.3 Å². The molecular formula is C12H11NO3. The van der Waals surface area contributed by atoms with Gasteiger partial charge in [0.25, 0.3) is 0 Å². The minimum absolute atomic E-state index is 0.0781. The third-order valence-electron chi connectivity index (χ3n) is 2.24. The molecule has 0 fully saturated rings. The third kappa shape index (κ3) is 3.21. The first kappa shape index (κ1) is 11.9. The number of aryl methyl sites for hydroxylation is 1. The topological polar surface area (TPSA) is 78.2 Å². The number of hydrogen-bond acceptors (Lipinski definition) is 3. The Bertz CT molecular complexity index is 417. The minimum atomic E-state index is -0.841. The van der Waals surface area contributed by atoms with Crippen molar-refractivity contribution in [1.82, 2.24) is 0 Å². The van der Waals surface area contributed by atoms with Gasteiger partial charge in [0.15, 0.2) is 0 Å². The van der Waals surface area contributed by atoms with Crippen LogP contribution in [-0.4, -0.2) is 17.4 Å². The van der Waals surface area contributed by atoms with Gasteiger partial charge in [-0.25, -0.2) is 0 Å². The summed E-state index contributed by atoms with van der Waals surface area (Å²) < 4.78 is 0. The molecular weight excluding hydrogens is 206 g/mol. The van der Waals surface area contributed by atoms with E-state index in [2.05, 4.69) is 0 Å². The molecule has 0 bridgehead atoms. The van der Waals surface area contributed by atoms with Crippen molar-refractivity contribution in [2.24, 2.45) is 0 Å². The lowest BCUT2D eigenvalue weighted by Crippen LogP contribution is -1.99. The molecule has 1 unspecified atom stereocenters. The normalized spacial score (nSPS) is 11.4. The van der Waals surface area contributed by atoms with Crippen LogP contribution in [0.15, 0.2) is 24.3 Å². The van der Waals surface area contributed by atoms with E-state index in [-0.39, 0.29) is 6.42 Å². The second kappa shape index (κ2) is 5.66. The zero-order valence-electron chi connectivity index (χ0n) is 8.59. The van der Waals surface area contributed by atoms with Gasteiger partial charge in [-0.1, -0.05) is 24.3 Å². The molecule has 1 aromatic carbocycles. The molecule has 0 saturated carbocycles. The first-order chi connectivity index (χ1) is 7.67. The molecule has 0 aliphatic heterocycles. The van der Waals surface area contributed by atoms with Crippen molar-refractivity contribution in [2.75, 3.05) is 0 Å². The Balaban J connectivity index is 2.71. The van der Waals surface area contributed by atoms with Crippen molar-refractivity contribution in [3.8, 4) is 6.07 Å². The summed E-state index contributed by atoms with van der Waals surface area (Å²) in [6, 6.07) is 8.72. The van der Waals surface area contributed by atoms with Crippen molar-refractivity contribution < 1.29 is 14.7 Å². The molecule has 0 aromatic heterocycles. The monoisotopic (exact) mass is 217 g/mol. The maximum Gasteiger partial charge on any atom is 0.303 e. The van der Waals surface area contributed by atoms with E-state index < -0.39 is 11.9 Å². The summed E-state index contributed by atoms with van der Waals surface area (Å²) in [5.41, 5.74) is 1.52. The fourth-order valence-corrected chi connectivity index (χ4v) is 1.33. The molecule has 0 amide bonds. The number of hydrogen-bond donors (Lipinski definition) is 1. The van der Waals surface area contributed by atoms with Gasteiger partial charge in [-0.3, -0.25) is 4.79 Å². The molecule has 0 aliphatic carbocycles. The van der Waals surface area contributed by atoms with Crippen molar-refractivity contribution in [3.63, 3.8) is 0 Å². The molecule has 4 heteroatoms. The Hall–Kier alpha value is -2.15. The number of benzene rings is 1. The number of carbonyl (C=O) groups excluding carboxylic acids is 1. The van der Waals surface area contributed by atoms with Crippen LogP contribution in [-0.2, 0) is 16.0 Å². The van der Waals surface area contributed by atoms with Gasteiger partial charge in [-0.05, 0) is 17.5 Å². The summed E-state index contributed by atoms with van der Waals surface area (Å²) >= 11 is 0. The first-order valence-corrected chi connectivity index (χ1v) is 4.83. The molecule has 16 heavy (non-hydrogen) atoms. The second-order valence-electron chi connectivity index (χ2n) is 3.38. The van der Waals surface area contributed by atoms with E-state index >= 15 is 0 Å². The molecule has 0 heterocycles. The Morgan fingerprint density at radius 1 is 1.44 bits per heavy atom. The van der Waals surface area contributed by atoms with E-state index in [0.717, 1.165) is 5.56 Å². The smallest absolute Gasteiger partial charge is 0.303 e. The number of aliphatic carboxylic acids is 1. The highest BCUT2D eigenvalue weighted by atomic mass is 16.4. The number of aldehydes is 1. The molecule has 4 nitrogen and oxygen atoms in total. The number of nitriles is 1. The minimum Gasteiger partial charge on any atom is -0.481 e. The third-order valence-corrected chi connectivity index (χ3v) is 2.24. The average molecular weight is 217 g/mol. The van der Waals surface area contributed by atoms with E-state index in [1.807, 2.05) is 6.07 Å². The fourth-order valence-electron chi connectivity index (χ4n) is 1.33. The predicted molar refractivity (Wildman–Crippen MR) is 56.8 cm³/mol. The van der Waals surface area contributed by atoms with E-state index in [1.54, 1.807) is 24.3 Å². The van der Waals surface area contributed by atoms with E-state index in [4.69, 9.17) is 10.4 Å². The molecule has 1 atom stereocenters. The molecule has 1 rings (SSSR count). The Morgan fingerprint density at radius 2 is 2.06 bits per heavy atom. The molecule has 0 radical (unpaired) electrons. The Kier molecular flexibility index (Phi) is 4.22. The maximum absolute atomic E-state index is 10.5. The van der Waals surface area contributed by atoms with Gasteiger partial charge in [-0.2, -0.15) is 5.26 Å². The Labute approximate surface area is 93.1 Å². The van der Waals surface area contributed by atoms with Crippen molar-refractivity contribution >= 4 is 12.3 Å². The zero-order valence-corrected chi connectivity index (χ0v) is 8.59. The van der Waals surface area contributed by atoms with Crippen LogP contribution in [0.3, 0.4) is 0 Å². The van der Waals surface area contributed by atoms with E-state index in [0.29, 0.717) is 18.3 Å². The summed E-state index contributed by atoms with van der Waals surface area (Å²) in [6.45, 7) is 0. The van der Waals surface area contributed by atoms with Crippen LogP contribution in [0.2, 0.25) is 0 Å². The molecule has 82 valence electrons. The fraction of sp³-hybridized carbons (Fsp3) is 0.250. The summed E-state index contributed by atoms with van der Waals surface area (Å²) in [4.78, 5) is 20.9. The van der Waals surface area contributed by atoms with Crippen molar-refractivity contribution in [3.05, 3.63) is 35.4 Å². The van der Waals surface area contributed by atoms with Crippen LogP contribution >= 0.6 is 0 Å². The predicted octanol–water partition coefficient (Wildman–Crippen LogP) is 1.51. The van der Waals surface area contributed by atoms with Gasteiger partial charge in [-0.15, -0.1) is 0 Å². The number of rotatable bonds is 5. The lowest BCUT2D eigenvalue weighted by molar-refractivity contribution is -0.136. The van der Waals surface area contributed by atoms with Crippen LogP contribution in [0.25, 0.3) is 0 Å².